The van der Waals surface area contributed by atoms with Gasteiger partial charge >= 0.3 is 0 Å². The number of hydrogen-bond donors (Lipinski definition) is 0. The van der Waals surface area contributed by atoms with E-state index in [1.54, 1.807) is 0 Å². The molecule has 0 spiro atoms. The normalized spacial score (nSPS) is 9.40. The van der Waals surface area contributed by atoms with Gasteiger partial charge in [-0.05, 0) is 20.3 Å². The lowest BCUT2D eigenvalue weighted by atomic mass is 10.2. The van der Waals surface area contributed by atoms with E-state index in [0.29, 0.717) is 5.57 Å². The lowest BCUT2D eigenvalue weighted by molar-refractivity contribution is 0.137. The molecule has 0 fully saturated rings. The first-order chi connectivity index (χ1) is 7.17. The zero-order chi connectivity index (χ0) is 11.7. The van der Waals surface area contributed by atoms with E-state index in [0.717, 1.165) is 38.4 Å². The van der Waals surface area contributed by atoms with Crippen molar-refractivity contribution >= 4 is 0 Å². The molecule has 0 unspecified atom stereocenters. The molecule has 0 aliphatic carbocycles. The summed E-state index contributed by atoms with van der Waals surface area (Å²) in [6, 6.07) is 2.01. The summed E-state index contributed by atoms with van der Waals surface area (Å²) < 4.78 is 5.25. The molecule has 0 saturated carbocycles. The molecule has 0 aromatic heterocycles. The third kappa shape index (κ3) is 5.24. The average Bonchev–Trinajstić information content (AvgIpc) is 2.27. The van der Waals surface area contributed by atoms with E-state index >= 15 is 0 Å². The van der Waals surface area contributed by atoms with Crippen molar-refractivity contribution in [2.45, 2.75) is 20.3 Å². The highest BCUT2D eigenvalue weighted by molar-refractivity contribution is 5.36. The SMILES string of the molecule is C=C(C#N)C(=C)N(CC)CCCOCC. The molecular weight excluding hydrogens is 188 g/mol. The molecule has 0 saturated heterocycles. The molecule has 3 heteroatoms. The largest absolute Gasteiger partial charge is 0.382 e. The molecule has 0 aliphatic heterocycles. The smallest absolute Gasteiger partial charge is 0.101 e. The summed E-state index contributed by atoms with van der Waals surface area (Å²) in [6.45, 7) is 14.7. The van der Waals surface area contributed by atoms with Crippen LogP contribution in [0.3, 0.4) is 0 Å². The van der Waals surface area contributed by atoms with Gasteiger partial charge in [-0.2, -0.15) is 5.26 Å². The van der Waals surface area contributed by atoms with Crippen molar-refractivity contribution in [3.8, 4) is 6.07 Å². The van der Waals surface area contributed by atoms with E-state index in [4.69, 9.17) is 10.00 Å². The van der Waals surface area contributed by atoms with Gasteiger partial charge in [0.2, 0.25) is 0 Å². The van der Waals surface area contributed by atoms with Crippen LogP contribution in [0, 0.1) is 11.3 Å². The van der Waals surface area contributed by atoms with Gasteiger partial charge < -0.3 is 9.64 Å². The monoisotopic (exact) mass is 208 g/mol. The van der Waals surface area contributed by atoms with E-state index in [1.807, 2.05) is 24.8 Å². The summed E-state index contributed by atoms with van der Waals surface area (Å²) in [5.41, 5.74) is 1.16. The maximum absolute atomic E-state index is 8.70. The van der Waals surface area contributed by atoms with Crippen LogP contribution >= 0.6 is 0 Å². The Morgan fingerprint density at radius 1 is 1.40 bits per heavy atom. The first-order valence-electron chi connectivity index (χ1n) is 5.28. The third-order valence-electron chi connectivity index (χ3n) is 2.17. The van der Waals surface area contributed by atoms with Crippen LogP contribution in [0.15, 0.2) is 24.4 Å². The van der Waals surface area contributed by atoms with E-state index in [-0.39, 0.29) is 0 Å². The van der Waals surface area contributed by atoms with Crippen LogP contribution in [0.5, 0.6) is 0 Å². The van der Waals surface area contributed by atoms with Crippen LogP contribution in [0.2, 0.25) is 0 Å². The van der Waals surface area contributed by atoms with Gasteiger partial charge in [-0.15, -0.1) is 0 Å². The van der Waals surface area contributed by atoms with E-state index in [1.165, 1.54) is 0 Å². The molecule has 3 nitrogen and oxygen atoms in total. The second-order valence-corrected chi connectivity index (χ2v) is 3.17. The van der Waals surface area contributed by atoms with Crippen molar-refractivity contribution in [1.82, 2.24) is 4.90 Å². The minimum absolute atomic E-state index is 0.438. The number of nitrogens with zero attached hydrogens (tertiary/aromatic N) is 2. The zero-order valence-electron chi connectivity index (χ0n) is 9.75. The second kappa shape index (κ2) is 8.07. The predicted molar refractivity (Wildman–Crippen MR) is 62.3 cm³/mol. The first kappa shape index (κ1) is 13.7. The summed E-state index contributed by atoms with van der Waals surface area (Å²) in [7, 11) is 0. The van der Waals surface area contributed by atoms with Crippen LogP contribution in [0.4, 0.5) is 0 Å². The second-order valence-electron chi connectivity index (χ2n) is 3.17. The molecule has 0 heterocycles. The number of likely N-dealkylation sites (N-methyl/N-ethyl adjacent to an activating group) is 1. The lowest BCUT2D eigenvalue weighted by Crippen LogP contribution is -2.25. The Morgan fingerprint density at radius 3 is 2.53 bits per heavy atom. The van der Waals surface area contributed by atoms with Crippen molar-refractivity contribution < 1.29 is 4.74 Å². The Hall–Kier alpha value is -1.27. The summed E-state index contributed by atoms with van der Waals surface area (Å²) in [6.07, 6.45) is 0.944. The lowest BCUT2D eigenvalue weighted by Gasteiger charge is -2.24. The molecular formula is C12H20N2O. The van der Waals surface area contributed by atoms with E-state index < -0.39 is 0 Å². The van der Waals surface area contributed by atoms with Gasteiger partial charge in [-0.3, -0.25) is 0 Å². The van der Waals surface area contributed by atoms with Crippen molar-refractivity contribution in [3.63, 3.8) is 0 Å². The average molecular weight is 208 g/mol. The summed E-state index contributed by atoms with van der Waals surface area (Å²) in [5, 5.41) is 8.70. The molecule has 0 radical (unpaired) electrons. The minimum Gasteiger partial charge on any atom is -0.382 e. The van der Waals surface area contributed by atoms with E-state index in [9.17, 15) is 0 Å². The molecule has 0 aromatic rings. The van der Waals surface area contributed by atoms with Crippen LogP contribution in [0.25, 0.3) is 0 Å². The van der Waals surface area contributed by atoms with Gasteiger partial charge in [0.1, 0.15) is 6.07 Å². The standard InChI is InChI=1S/C12H20N2O/c1-5-14(8-7-9-15-6-2)12(4)11(3)10-13/h3-9H2,1-2H3. The maximum Gasteiger partial charge on any atom is 0.101 e. The summed E-state index contributed by atoms with van der Waals surface area (Å²) in [4.78, 5) is 2.05. The zero-order valence-corrected chi connectivity index (χ0v) is 9.75. The Bertz CT molecular complexity index is 253. The summed E-state index contributed by atoms with van der Waals surface area (Å²) in [5.74, 6) is 0. The quantitative estimate of drug-likeness (QED) is 0.349. The van der Waals surface area contributed by atoms with Gasteiger partial charge in [0.05, 0.1) is 5.57 Å². The minimum atomic E-state index is 0.438. The van der Waals surface area contributed by atoms with Crippen LogP contribution in [-0.4, -0.2) is 31.2 Å². The summed E-state index contributed by atoms with van der Waals surface area (Å²) >= 11 is 0. The first-order valence-corrected chi connectivity index (χ1v) is 5.28. The molecule has 0 atom stereocenters. The number of allylic oxidation sites excluding steroid dienone is 1. The fraction of sp³-hybridized carbons (Fsp3) is 0.583. The maximum atomic E-state index is 8.70. The fourth-order valence-electron chi connectivity index (χ4n) is 1.24. The molecule has 0 rings (SSSR count). The van der Waals surface area contributed by atoms with Gasteiger partial charge in [0, 0.05) is 32.0 Å². The number of nitriles is 1. The third-order valence-corrected chi connectivity index (χ3v) is 2.17. The number of hydrogen-bond acceptors (Lipinski definition) is 3. The van der Waals surface area contributed by atoms with E-state index in [2.05, 4.69) is 13.2 Å². The molecule has 0 N–H and O–H groups in total. The number of ether oxygens (including phenoxy) is 1. The predicted octanol–water partition coefficient (Wildman–Crippen LogP) is 2.33. The fourth-order valence-corrected chi connectivity index (χ4v) is 1.24. The molecule has 0 aliphatic rings. The van der Waals surface area contributed by atoms with Crippen molar-refractivity contribution in [1.29, 1.82) is 5.26 Å². The molecule has 84 valence electrons. The Morgan fingerprint density at radius 2 is 2.07 bits per heavy atom. The van der Waals surface area contributed by atoms with Gasteiger partial charge in [0.25, 0.3) is 0 Å². The van der Waals surface area contributed by atoms with Gasteiger partial charge in [-0.25, -0.2) is 0 Å². The van der Waals surface area contributed by atoms with Crippen LogP contribution < -0.4 is 0 Å². The van der Waals surface area contributed by atoms with Crippen molar-refractivity contribution in [2.24, 2.45) is 0 Å². The Balaban J connectivity index is 3.98. The molecule has 15 heavy (non-hydrogen) atoms. The van der Waals surface area contributed by atoms with Gasteiger partial charge in [-0.1, -0.05) is 13.2 Å². The van der Waals surface area contributed by atoms with Crippen molar-refractivity contribution in [3.05, 3.63) is 24.4 Å². The highest BCUT2D eigenvalue weighted by atomic mass is 16.5. The Labute approximate surface area is 92.6 Å². The highest BCUT2D eigenvalue weighted by Crippen LogP contribution is 2.10. The highest BCUT2D eigenvalue weighted by Gasteiger charge is 2.07. The van der Waals surface area contributed by atoms with Crippen LogP contribution in [-0.2, 0) is 4.74 Å². The Kier molecular flexibility index (Phi) is 7.39. The van der Waals surface area contributed by atoms with Crippen molar-refractivity contribution in [2.75, 3.05) is 26.3 Å². The molecule has 0 amide bonds. The number of rotatable bonds is 8. The van der Waals surface area contributed by atoms with Gasteiger partial charge in [0.15, 0.2) is 0 Å². The molecule has 0 bridgehead atoms. The van der Waals surface area contributed by atoms with Crippen LogP contribution in [0.1, 0.15) is 20.3 Å². The topological polar surface area (TPSA) is 36.3 Å². The molecule has 0 aromatic carbocycles.